The number of nitrogens with two attached hydrogens (primary N) is 1. The Kier molecular flexibility index (Phi) is 11.8. The molecule has 0 rings (SSSR count). The van der Waals surface area contributed by atoms with Crippen LogP contribution in [-0.4, -0.2) is 11.8 Å². The molecule has 0 aliphatic rings. The topological polar surface area (TPSA) is 43.1 Å². The van der Waals surface area contributed by atoms with Gasteiger partial charge in [0, 0.05) is 0 Å². The maximum Gasteiger partial charge on any atom is 0.146 e. The fourth-order valence-electron chi connectivity index (χ4n) is 2.05. The van der Waals surface area contributed by atoms with Crippen LogP contribution in [0, 0.1) is 0 Å². The van der Waals surface area contributed by atoms with E-state index in [0.29, 0.717) is 0 Å². The van der Waals surface area contributed by atoms with Gasteiger partial charge in [0.2, 0.25) is 0 Å². The number of Topliss-reactive ketones (excluding diaryl/α,β-unsaturated/α-hetero) is 1. The average Bonchev–Trinajstić information content (AvgIpc) is 2.31. The third kappa shape index (κ3) is 11.9. The molecule has 0 aromatic rings. The highest BCUT2D eigenvalue weighted by atomic mass is 16.1. The second-order valence-electron chi connectivity index (χ2n) is 5.19. The van der Waals surface area contributed by atoms with Gasteiger partial charge < -0.3 is 5.73 Å². The smallest absolute Gasteiger partial charge is 0.146 e. The van der Waals surface area contributed by atoms with Crippen molar-refractivity contribution >= 4 is 5.78 Å². The van der Waals surface area contributed by atoms with Gasteiger partial charge >= 0.3 is 0 Å². The minimum absolute atomic E-state index is 0.126. The van der Waals surface area contributed by atoms with Gasteiger partial charge in [-0.05, 0) is 13.3 Å². The van der Waals surface area contributed by atoms with Gasteiger partial charge in [-0.1, -0.05) is 71.1 Å². The largest absolute Gasteiger partial charge is 0.322 e. The highest BCUT2D eigenvalue weighted by molar-refractivity contribution is 5.80. The first-order chi connectivity index (χ1) is 8.18. The van der Waals surface area contributed by atoms with Crippen LogP contribution in [0.15, 0.2) is 0 Å². The van der Waals surface area contributed by atoms with Crippen molar-refractivity contribution in [1.82, 2.24) is 0 Å². The van der Waals surface area contributed by atoms with E-state index in [9.17, 15) is 4.79 Å². The Hall–Kier alpha value is -0.370. The number of rotatable bonds is 12. The molecule has 0 fully saturated rings. The van der Waals surface area contributed by atoms with Crippen LogP contribution in [-0.2, 0) is 4.79 Å². The van der Waals surface area contributed by atoms with Gasteiger partial charge in [0.15, 0.2) is 0 Å². The molecule has 0 aromatic carbocycles. The summed E-state index contributed by atoms with van der Waals surface area (Å²) >= 11 is 0. The molecule has 102 valence electrons. The molecule has 0 saturated carbocycles. The molecule has 0 saturated heterocycles. The van der Waals surface area contributed by atoms with Crippen molar-refractivity contribution in [2.45, 2.75) is 90.5 Å². The lowest BCUT2D eigenvalue weighted by atomic mass is 10.0. The molecule has 0 amide bonds. The number of ketones is 1. The maximum atomic E-state index is 10.9. The summed E-state index contributed by atoms with van der Waals surface area (Å²) in [6, 6.07) is -0.218. The maximum absolute atomic E-state index is 10.9. The average molecular weight is 241 g/mol. The molecule has 0 heterocycles. The monoisotopic (exact) mass is 241 g/mol. The van der Waals surface area contributed by atoms with Crippen LogP contribution in [0.2, 0.25) is 0 Å². The lowest BCUT2D eigenvalue weighted by Crippen LogP contribution is -2.27. The van der Waals surface area contributed by atoms with Crippen molar-refractivity contribution in [2.75, 3.05) is 0 Å². The van der Waals surface area contributed by atoms with Crippen molar-refractivity contribution in [2.24, 2.45) is 5.73 Å². The van der Waals surface area contributed by atoms with E-state index in [0.717, 1.165) is 12.8 Å². The summed E-state index contributed by atoms with van der Waals surface area (Å²) in [5.41, 5.74) is 5.68. The van der Waals surface area contributed by atoms with Gasteiger partial charge in [-0.25, -0.2) is 0 Å². The van der Waals surface area contributed by atoms with Gasteiger partial charge in [-0.2, -0.15) is 0 Å². The molecular formula is C15H31NO. The molecule has 2 heteroatoms. The number of carbonyl (C=O) groups is 1. The Bertz CT molecular complexity index is 180. The summed E-state index contributed by atoms with van der Waals surface area (Å²) in [6.07, 6.45) is 14.2. The van der Waals surface area contributed by atoms with Crippen LogP contribution in [0.3, 0.4) is 0 Å². The molecular weight excluding hydrogens is 210 g/mol. The Morgan fingerprint density at radius 1 is 0.882 bits per heavy atom. The molecule has 0 radical (unpaired) electrons. The van der Waals surface area contributed by atoms with Gasteiger partial charge in [-0.3, -0.25) is 4.79 Å². The molecule has 0 spiro atoms. The van der Waals surface area contributed by atoms with Crippen molar-refractivity contribution in [3.63, 3.8) is 0 Å². The second-order valence-corrected chi connectivity index (χ2v) is 5.19. The number of unbranched alkanes of at least 4 members (excludes halogenated alkanes) is 9. The summed E-state index contributed by atoms with van der Waals surface area (Å²) in [6.45, 7) is 3.84. The van der Waals surface area contributed by atoms with Crippen molar-refractivity contribution in [3.05, 3.63) is 0 Å². The van der Waals surface area contributed by atoms with Gasteiger partial charge in [0.25, 0.3) is 0 Å². The highest BCUT2D eigenvalue weighted by Gasteiger charge is 2.06. The standard InChI is InChI=1S/C15H31NO/c1-3-4-5-6-7-8-9-10-11-12-13-15(16)14(2)17/h15H,3-13,16H2,1-2H3. The fourth-order valence-corrected chi connectivity index (χ4v) is 2.05. The number of carbonyl (C=O) groups excluding carboxylic acids is 1. The molecule has 0 aliphatic carbocycles. The van der Waals surface area contributed by atoms with E-state index in [2.05, 4.69) is 6.92 Å². The summed E-state index contributed by atoms with van der Waals surface area (Å²) in [4.78, 5) is 10.9. The third-order valence-electron chi connectivity index (χ3n) is 3.39. The lowest BCUT2D eigenvalue weighted by Gasteiger charge is -2.06. The predicted molar refractivity (Wildman–Crippen MR) is 75.1 cm³/mol. The first kappa shape index (κ1) is 16.6. The zero-order chi connectivity index (χ0) is 12.9. The van der Waals surface area contributed by atoms with Crippen molar-refractivity contribution in [1.29, 1.82) is 0 Å². The van der Waals surface area contributed by atoms with E-state index in [1.165, 1.54) is 57.8 Å². The number of hydrogen-bond donors (Lipinski definition) is 1. The first-order valence-electron chi connectivity index (χ1n) is 7.44. The Balaban J connectivity index is 3.06. The van der Waals surface area contributed by atoms with Crippen molar-refractivity contribution in [3.8, 4) is 0 Å². The summed E-state index contributed by atoms with van der Waals surface area (Å²) in [5, 5.41) is 0. The zero-order valence-electron chi connectivity index (χ0n) is 11.8. The van der Waals surface area contributed by atoms with Crippen LogP contribution < -0.4 is 5.73 Å². The minimum atomic E-state index is -0.218. The van der Waals surface area contributed by atoms with Crippen LogP contribution in [0.1, 0.15) is 84.5 Å². The van der Waals surface area contributed by atoms with E-state index in [1.54, 1.807) is 6.92 Å². The Morgan fingerprint density at radius 2 is 1.29 bits per heavy atom. The molecule has 1 unspecified atom stereocenters. The van der Waals surface area contributed by atoms with Crippen LogP contribution in [0.5, 0.6) is 0 Å². The van der Waals surface area contributed by atoms with Crippen LogP contribution >= 0.6 is 0 Å². The minimum Gasteiger partial charge on any atom is -0.322 e. The normalized spacial score (nSPS) is 12.6. The van der Waals surface area contributed by atoms with E-state index in [4.69, 9.17) is 5.73 Å². The molecule has 0 aromatic heterocycles. The molecule has 0 bridgehead atoms. The zero-order valence-corrected chi connectivity index (χ0v) is 11.8. The Labute approximate surface area is 107 Å². The summed E-state index contributed by atoms with van der Waals surface area (Å²) in [7, 11) is 0. The molecule has 2 N–H and O–H groups in total. The van der Waals surface area contributed by atoms with E-state index < -0.39 is 0 Å². The number of hydrogen-bond acceptors (Lipinski definition) is 2. The Morgan fingerprint density at radius 3 is 1.71 bits per heavy atom. The second kappa shape index (κ2) is 12.1. The lowest BCUT2D eigenvalue weighted by molar-refractivity contribution is -0.118. The van der Waals surface area contributed by atoms with E-state index in [-0.39, 0.29) is 11.8 Å². The fraction of sp³-hybridized carbons (Fsp3) is 0.933. The molecule has 0 aliphatic heterocycles. The van der Waals surface area contributed by atoms with Crippen LogP contribution in [0.4, 0.5) is 0 Å². The van der Waals surface area contributed by atoms with Gasteiger partial charge in [0.1, 0.15) is 5.78 Å². The van der Waals surface area contributed by atoms with E-state index >= 15 is 0 Å². The summed E-state index contributed by atoms with van der Waals surface area (Å²) in [5.74, 6) is 0.126. The van der Waals surface area contributed by atoms with Crippen LogP contribution in [0.25, 0.3) is 0 Å². The predicted octanol–water partition coefficient (Wildman–Crippen LogP) is 4.21. The summed E-state index contributed by atoms with van der Waals surface area (Å²) < 4.78 is 0. The molecule has 17 heavy (non-hydrogen) atoms. The van der Waals surface area contributed by atoms with Gasteiger partial charge in [-0.15, -0.1) is 0 Å². The highest BCUT2D eigenvalue weighted by Crippen LogP contribution is 2.11. The van der Waals surface area contributed by atoms with E-state index in [1.807, 2.05) is 0 Å². The first-order valence-corrected chi connectivity index (χ1v) is 7.44. The quantitative estimate of drug-likeness (QED) is 0.520. The third-order valence-corrected chi connectivity index (χ3v) is 3.39. The van der Waals surface area contributed by atoms with Crippen molar-refractivity contribution < 1.29 is 4.79 Å². The molecule has 2 nitrogen and oxygen atoms in total. The van der Waals surface area contributed by atoms with Gasteiger partial charge in [0.05, 0.1) is 6.04 Å². The SMILES string of the molecule is CCCCCCCCCCCCC(N)C(C)=O. The molecule has 1 atom stereocenters.